The number of aromatic nitrogens is 1. The molecular formula is C14H18N2O3. The van der Waals surface area contributed by atoms with Gasteiger partial charge in [-0.05, 0) is 38.3 Å². The second kappa shape index (κ2) is 4.99. The van der Waals surface area contributed by atoms with Gasteiger partial charge in [0.05, 0.1) is 0 Å². The van der Waals surface area contributed by atoms with Gasteiger partial charge < -0.3 is 10.4 Å². The summed E-state index contributed by atoms with van der Waals surface area (Å²) in [7, 11) is 0. The van der Waals surface area contributed by atoms with Crippen molar-refractivity contribution in [3.63, 3.8) is 0 Å². The van der Waals surface area contributed by atoms with E-state index in [1.54, 1.807) is 12.3 Å². The molecule has 5 nitrogen and oxygen atoms in total. The number of nitrogens with zero attached hydrogens (tertiary/aromatic N) is 1. The topological polar surface area (TPSA) is 79.3 Å². The average Bonchev–Trinajstić information content (AvgIpc) is 3.15. The maximum atomic E-state index is 12.2. The van der Waals surface area contributed by atoms with Gasteiger partial charge in [-0.15, -0.1) is 0 Å². The molecule has 1 heterocycles. The van der Waals surface area contributed by atoms with Gasteiger partial charge in [-0.3, -0.25) is 14.6 Å². The van der Waals surface area contributed by atoms with Crippen LogP contribution in [0.1, 0.15) is 31.0 Å². The monoisotopic (exact) mass is 262 g/mol. The van der Waals surface area contributed by atoms with E-state index >= 15 is 0 Å². The number of carboxylic acids is 1. The molecule has 0 spiro atoms. The lowest BCUT2D eigenvalue weighted by atomic mass is 9.83. The molecule has 1 aromatic rings. The molecule has 2 N–H and O–H groups in total. The molecule has 0 aromatic carbocycles. The molecular weight excluding hydrogens is 244 g/mol. The zero-order valence-corrected chi connectivity index (χ0v) is 11.1. The fraction of sp³-hybridized carbons (Fsp3) is 0.500. The number of aryl methyl sites for hydroxylation is 1. The second-order valence-corrected chi connectivity index (χ2v) is 5.33. The maximum Gasteiger partial charge on any atom is 0.319 e. The second-order valence-electron chi connectivity index (χ2n) is 5.33. The quantitative estimate of drug-likeness (QED) is 0.784. The van der Waals surface area contributed by atoms with Gasteiger partial charge in [0.15, 0.2) is 0 Å². The molecule has 1 fully saturated rings. The molecule has 1 aliphatic carbocycles. The van der Waals surface area contributed by atoms with E-state index in [1.165, 1.54) is 6.92 Å². The molecule has 0 saturated heterocycles. The number of hydrogen-bond acceptors (Lipinski definition) is 3. The van der Waals surface area contributed by atoms with Gasteiger partial charge in [-0.25, -0.2) is 0 Å². The lowest BCUT2D eigenvalue weighted by Gasteiger charge is -2.24. The molecule has 1 amide bonds. The summed E-state index contributed by atoms with van der Waals surface area (Å²) in [5.41, 5.74) is 0.0781. The summed E-state index contributed by atoms with van der Waals surface area (Å²) in [6.45, 7) is 3.32. The van der Waals surface area contributed by atoms with Crippen LogP contribution in [-0.2, 0) is 16.0 Å². The van der Waals surface area contributed by atoms with E-state index in [0.717, 1.165) is 18.4 Å². The van der Waals surface area contributed by atoms with Gasteiger partial charge in [-0.1, -0.05) is 6.07 Å². The minimum atomic E-state index is -1.47. The number of carbonyl (C=O) groups excluding carboxylic acids is 1. The van der Waals surface area contributed by atoms with Crippen LogP contribution >= 0.6 is 0 Å². The Morgan fingerprint density at radius 3 is 2.74 bits per heavy atom. The highest BCUT2D eigenvalue weighted by atomic mass is 16.4. The minimum Gasteiger partial charge on any atom is -0.480 e. The van der Waals surface area contributed by atoms with Crippen LogP contribution < -0.4 is 5.32 Å². The Balaban J connectivity index is 2.21. The Morgan fingerprint density at radius 1 is 1.53 bits per heavy atom. The van der Waals surface area contributed by atoms with Crippen LogP contribution in [0.5, 0.6) is 0 Å². The van der Waals surface area contributed by atoms with E-state index in [2.05, 4.69) is 10.3 Å². The number of aliphatic carboxylic acids is 1. The van der Waals surface area contributed by atoms with E-state index in [4.69, 9.17) is 0 Å². The Hall–Kier alpha value is -1.91. The predicted molar refractivity (Wildman–Crippen MR) is 69.6 cm³/mol. The first-order valence-corrected chi connectivity index (χ1v) is 6.38. The van der Waals surface area contributed by atoms with Crippen LogP contribution in [0, 0.1) is 12.3 Å². The third-order valence-electron chi connectivity index (χ3n) is 3.52. The lowest BCUT2D eigenvalue weighted by molar-refractivity contribution is -0.154. The normalized spacial score (nSPS) is 17.6. The summed E-state index contributed by atoms with van der Waals surface area (Å²) in [5.74, 6) is -1.54. The number of carboxylic acid groups (broad SMARTS) is 1. The third-order valence-corrected chi connectivity index (χ3v) is 3.52. The summed E-state index contributed by atoms with van der Waals surface area (Å²) in [4.78, 5) is 27.8. The van der Waals surface area contributed by atoms with Gasteiger partial charge in [0.2, 0.25) is 5.91 Å². The largest absolute Gasteiger partial charge is 0.480 e. The van der Waals surface area contributed by atoms with Gasteiger partial charge in [0, 0.05) is 24.4 Å². The first-order valence-electron chi connectivity index (χ1n) is 6.38. The fourth-order valence-corrected chi connectivity index (χ4v) is 1.86. The molecule has 1 unspecified atom stereocenters. The molecule has 0 aliphatic heterocycles. The van der Waals surface area contributed by atoms with E-state index in [-0.39, 0.29) is 12.5 Å². The first-order chi connectivity index (χ1) is 8.93. The van der Waals surface area contributed by atoms with Crippen LogP contribution in [0.2, 0.25) is 0 Å². The summed E-state index contributed by atoms with van der Waals surface area (Å²) in [5, 5.41) is 12.2. The molecule has 0 bridgehead atoms. The Kier molecular flexibility index (Phi) is 3.55. The predicted octanol–water partition coefficient (Wildman–Crippen LogP) is 1.30. The lowest BCUT2D eigenvalue weighted by Crippen LogP contribution is -2.47. The Bertz CT molecular complexity index is 511. The molecule has 0 radical (unpaired) electrons. The van der Waals surface area contributed by atoms with Crippen molar-refractivity contribution in [3.05, 3.63) is 29.6 Å². The molecule has 19 heavy (non-hydrogen) atoms. The molecule has 1 atom stereocenters. The third kappa shape index (κ3) is 2.92. The SMILES string of the molecule is Cc1cccnc1CC(C)(C(=O)O)C(=O)NC1CC1. The highest BCUT2D eigenvalue weighted by Gasteiger charge is 2.43. The summed E-state index contributed by atoms with van der Waals surface area (Å²) in [6.07, 6.45) is 3.59. The van der Waals surface area contributed by atoms with Crippen molar-refractivity contribution >= 4 is 11.9 Å². The zero-order chi connectivity index (χ0) is 14.0. The van der Waals surface area contributed by atoms with Gasteiger partial charge >= 0.3 is 5.97 Å². The summed E-state index contributed by atoms with van der Waals surface area (Å²) < 4.78 is 0. The standard InChI is InChI=1S/C14H18N2O3/c1-9-4-3-7-15-11(9)8-14(2,13(18)19)12(17)16-10-5-6-10/h3-4,7,10H,5-6,8H2,1-2H3,(H,16,17)(H,18,19). The van der Waals surface area contributed by atoms with Crippen LogP contribution in [0.15, 0.2) is 18.3 Å². The van der Waals surface area contributed by atoms with Crippen LogP contribution in [0.25, 0.3) is 0 Å². The van der Waals surface area contributed by atoms with Gasteiger partial charge in [0.1, 0.15) is 5.41 Å². The smallest absolute Gasteiger partial charge is 0.319 e. The van der Waals surface area contributed by atoms with Crippen molar-refractivity contribution in [2.24, 2.45) is 5.41 Å². The molecule has 1 aliphatic rings. The molecule has 2 rings (SSSR count). The maximum absolute atomic E-state index is 12.2. The number of hydrogen-bond donors (Lipinski definition) is 2. The molecule has 1 aromatic heterocycles. The number of carbonyl (C=O) groups is 2. The van der Waals surface area contributed by atoms with Crippen molar-refractivity contribution in [3.8, 4) is 0 Å². The van der Waals surface area contributed by atoms with E-state index in [9.17, 15) is 14.7 Å². The van der Waals surface area contributed by atoms with E-state index in [0.29, 0.717) is 5.69 Å². The number of rotatable bonds is 5. The van der Waals surface area contributed by atoms with E-state index in [1.807, 2.05) is 13.0 Å². The van der Waals surface area contributed by atoms with Crippen LogP contribution in [0.3, 0.4) is 0 Å². The number of pyridine rings is 1. The molecule has 1 saturated carbocycles. The van der Waals surface area contributed by atoms with Crippen molar-refractivity contribution in [1.82, 2.24) is 10.3 Å². The molecule has 102 valence electrons. The average molecular weight is 262 g/mol. The first kappa shape index (κ1) is 13.5. The summed E-state index contributed by atoms with van der Waals surface area (Å²) >= 11 is 0. The minimum absolute atomic E-state index is 0.105. The Labute approximate surface area is 112 Å². The number of nitrogens with one attached hydrogen (secondary N) is 1. The Morgan fingerprint density at radius 2 is 2.21 bits per heavy atom. The van der Waals surface area contributed by atoms with Gasteiger partial charge in [0.25, 0.3) is 0 Å². The molecule has 5 heteroatoms. The highest BCUT2D eigenvalue weighted by Crippen LogP contribution is 2.27. The zero-order valence-electron chi connectivity index (χ0n) is 11.1. The fourth-order valence-electron chi connectivity index (χ4n) is 1.86. The highest BCUT2D eigenvalue weighted by molar-refractivity contribution is 6.02. The van der Waals surface area contributed by atoms with Gasteiger partial charge in [-0.2, -0.15) is 0 Å². The summed E-state index contributed by atoms with van der Waals surface area (Å²) in [6, 6.07) is 3.81. The van der Waals surface area contributed by atoms with E-state index < -0.39 is 17.3 Å². The van der Waals surface area contributed by atoms with Crippen molar-refractivity contribution in [2.75, 3.05) is 0 Å². The van der Waals surface area contributed by atoms with Crippen LogP contribution in [0.4, 0.5) is 0 Å². The van der Waals surface area contributed by atoms with Crippen molar-refractivity contribution in [2.45, 2.75) is 39.2 Å². The van der Waals surface area contributed by atoms with Crippen LogP contribution in [-0.4, -0.2) is 28.0 Å². The number of amides is 1. The van der Waals surface area contributed by atoms with Crippen molar-refractivity contribution < 1.29 is 14.7 Å². The van der Waals surface area contributed by atoms with Crippen molar-refractivity contribution in [1.29, 1.82) is 0 Å².